The molecule has 0 aliphatic carbocycles. The number of hydrogen-bond donors (Lipinski definition) is 0. The van der Waals surface area contributed by atoms with Gasteiger partial charge in [0, 0.05) is 1.43 Å². The van der Waals surface area contributed by atoms with Crippen LogP contribution in [0.2, 0.25) is 0 Å². The van der Waals surface area contributed by atoms with Gasteiger partial charge in [0.2, 0.25) is 0 Å². The third-order valence-electron chi connectivity index (χ3n) is 2.98. The minimum absolute atomic E-state index is 0. The van der Waals surface area contributed by atoms with E-state index in [2.05, 4.69) is 41.5 Å². The van der Waals surface area contributed by atoms with Crippen molar-refractivity contribution in [2.75, 3.05) is 0 Å². The minimum atomic E-state index is 0. The Kier molecular flexibility index (Phi) is 5.66. The zero-order valence-electron chi connectivity index (χ0n) is 8.36. The van der Waals surface area contributed by atoms with E-state index in [4.69, 9.17) is 0 Å². The fourth-order valence-corrected chi connectivity index (χ4v) is 0.667. The van der Waals surface area contributed by atoms with Gasteiger partial charge < -0.3 is 0 Å². The van der Waals surface area contributed by atoms with Crippen LogP contribution in [0.1, 0.15) is 43.0 Å². The van der Waals surface area contributed by atoms with Crippen molar-refractivity contribution in [3.05, 3.63) is 0 Å². The van der Waals surface area contributed by atoms with Crippen molar-refractivity contribution in [1.82, 2.24) is 0 Å². The normalized spacial score (nSPS) is 12.0. The van der Waals surface area contributed by atoms with Gasteiger partial charge in [0.25, 0.3) is 0 Å². The SMILES string of the molecule is CC(C)C(C)(C)C(C)C.P.[HH]. The molecule has 0 rings (SSSR count). The van der Waals surface area contributed by atoms with Gasteiger partial charge in [-0.05, 0) is 17.3 Å². The number of rotatable bonds is 2. The Hall–Kier alpha value is 0.430. The molecule has 0 aliphatic rings. The molecule has 0 bridgehead atoms. The van der Waals surface area contributed by atoms with Crippen LogP contribution in [0.5, 0.6) is 0 Å². The molecule has 0 spiro atoms. The van der Waals surface area contributed by atoms with Gasteiger partial charge in [0.15, 0.2) is 0 Å². The highest BCUT2D eigenvalue weighted by molar-refractivity contribution is 6.92. The maximum Gasteiger partial charge on any atom is 0 e. The van der Waals surface area contributed by atoms with Gasteiger partial charge in [-0.3, -0.25) is 0 Å². The molecule has 0 N–H and O–H groups in total. The second-order valence-corrected chi connectivity index (χ2v) is 4.13. The van der Waals surface area contributed by atoms with Crippen LogP contribution in [0.25, 0.3) is 0 Å². The molecule has 66 valence electrons. The maximum atomic E-state index is 2.34. The topological polar surface area (TPSA) is 0 Å². The van der Waals surface area contributed by atoms with Crippen molar-refractivity contribution in [3.63, 3.8) is 0 Å². The van der Waals surface area contributed by atoms with Crippen LogP contribution in [0.4, 0.5) is 0 Å². The van der Waals surface area contributed by atoms with Crippen LogP contribution < -0.4 is 0 Å². The fourth-order valence-electron chi connectivity index (χ4n) is 0.667. The summed E-state index contributed by atoms with van der Waals surface area (Å²) in [7, 11) is 0. The zero-order chi connectivity index (χ0) is 7.65. The van der Waals surface area contributed by atoms with E-state index in [9.17, 15) is 0 Å². The Morgan fingerprint density at radius 2 is 1.10 bits per heavy atom. The predicted molar refractivity (Wildman–Crippen MR) is 56.7 cm³/mol. The van der Waals surface area contributed by atoms with Crippen molar-refractivity contribution in [2.45, 2.75) is 41.5 Å². The summed E-state index contributed by atoms with van der Waals surface area (Å²) in [5.41, 5.74) is 0.500. The Morgan fingerprint density at radius 3 is 1.10 bits per heavy atom. The third-order valence-corrected chi connectivity index (χ3v) is 2.98. The van der Waals surface area contributed by atoms with E-state index < -0.39 is 0 Å². The summed E-state index contributed by atoms with van der Waals surface area (Å²) < 4.78 is 0. The van der Waals surface area contributed by atoms with E-state index in [-0.39, 0.29) is 11.3 Å². The largest absolute Gasteiger partial charge is 0.153 e. The van der Waals surface area contributed by atoms with Gasteiger partial charge in [0.05, 0.1) is 0 Å². The summed E-state index contributed by atoms with van der Waals surface area (Å²) in [4.78, 5) is 0. The standard InChI is InChI=1S/C9H20.H3P.H2/c1-7(2)9(5,6)8(3)4;;/h7-8H,1-6H3;1H3;1H. The average Bonchev–Trinajstić information content (AvgIpc) is 1.65. The van der Waals surface area contributed by atoms with Gasteiger partial charge in [0.1, 0.15) is 0 Å². The minimum Gasteiger partial charge on any atom is -0.153 e. The summed E-state index contributed by atoms with van der Waals surface area (Å²) in [5.74, 6) is 1.58. The van der Waals surface area contributed by atoms with Crippen molar-refractivity contribution < 1.29 is 1.43 Å². The predicted octanol–water partition coefficient (Wildman–Crippen LogP) is 3.63. The molecule has 1 atom stereocenters. The molecule has 0 saturated carbocycles. The monoisotopic (exact) mass is 164 g/mol. The van der Waals surface area contributed by atoms with Crippen LogP contribution >= 0.6 is 9.90 Å². The van der Waals surface area contributed by atoms with Crippen molar-refractivity contribution in [1.29, 1.82) is 0 Å². The van der Waals surface area contributed by atoms with Crippen LogP contribution in [-0.2, 0) is 0 Å². The van der Waals surface area contributed by atoms with Crippen LogP contribution in [-0.4, -0.2) is 0 Å². The molecule has 0 aromatic rings. The summed E-state index contributed by atoms with van der Waals surface area (Å²) in [6, 6.07) is 0. The van der Waals surface area contributed by atoms with Crippen LogP contribution in [0.3, 0.4) is 0 Å². The van der Waals surface area contributed by atoms with E-state index in [0.717, 1.165) is 11.8 Å². The van der Waals surface area contributed by atoms with Gasteiger partial charge in [-0.15, -0.1) is 0 Å². The first-order valence-electron chi connectivity index (χ1n) is 3.89. The molecule has 0 aliphatic heterocycles. The average molecular weight is 164 g/mol. The molecule has 0 amide bonds. The fraction of sp³-hybridized carbons (Fsp3) is 1.00. The quantitative estimate of drug-likeness (QED) is 0.547. The highest BCUT2D eigenvalue weighted by Crippen LogP contribution is 2.33. The second kappa shape index (κ2) is 4.34. The molecular formula is C9H25P. The first kappa shape index (κ1) is 13.1. The Labute approximate surface area is 70.9 Å². The van der Waals surface area contributed by atoms with E-state index >= 15 is 0 Å². The van der Waals surface area contributed by atoms with Crippen molar-refractivity contribution >= 4 is 9.90 Å². The maximum absolute atomic E-state index is 2.34. The van der Waals surface area contributed by atoms with Crippen LogP contribution in [0, 0.1) is 17.3 Å². The lowest BCUT2D eigenvalue weighted by Gasteiger charge is -2.33. The highest BCUT2D eigenvalue weighted by Gasteiger charge is 2.25. The molecular weight excluding hydrogens is 139 g/mol. The Bertz CT molecular complexity index is 77.6. The first-order valence-corrected chi connectivity index (χ1v) is 3.89. The molecule has 0 saturated heterocycles. The van der Waals surface area contributed by atoms with Gasteiger partial charge >= 0.3 is 0 Å². The highest BCUT2D eigenvalue weighted by atomic mass is 31.0. The van der Waals surface area contributed by atoms with Crippen molar-refractivity contribution in [2.24, 2.45) is 17.3 Å². The first-order chi connectivity index (χ1) is 3.89. The molecule has 0 fully saturated rings. The molecule has 0 aromatic heterocycles. The van der Waals surface area contributed by atoms with Gasteiger partial charge in [-0.25, -0.2) is 0 Å². The number of hydrogen-bond acceptors (Lipinski definition) is 0. The zero-order valence-corrected chi connectivity index (χ0v) is 9.78. The molecule has 0 heterocycles. The molecule has 0 nitrogen and oxygen atoms in total. The molecule has 10 heavy (non-hydrogen) atoms. The van der Waals surface area contributed by atoms with Gasteiger partial charge in [-0.1, -0.05) is 41.5 Å². The molecule has 0 aromatic carbocycles. The van der Waals surface area contributed by atoms with E-state index in [1.54, 1.807) is 0 Å². The summed E-state index contributed by atoms with van der Waals surface area (Å²) >= 11 is 0. The Morgan fingerprint density at radius 1 is 0.900 bits per heavy atom. The van der Waals surface area contributed by atoms with E-state index in [0.29, 0.717) is 5.41 Å². The Balaban J connectivity index is -0.000000320. The lowest BCUT2D eigenvalue weighted by molar-refractivity contribution is 0.165. The summed E-state index contributed by atoms with van der Waals surface area (Å²) in [6.45, 7) is 13.8. The second-order valence-electron chi connectivity index (χ2n) is 4.13. The van der Waals surface area contributed by atoms with E-state index in [1.807, 2.05) is 0 Å². The lowest BCUT2D eigenvalue weighted by Crippen LogP contribution is -2.25. The lowest BCUT2D eigenvalue weighted by atomic mass is 9.72. The van der Waals surface area contributed by atoms with Crippen LogP contribution in [0.15, 0.2) is 0 Å². The summed E-state index contributed by atoms with van der Waals surface area (Å²) in [6.07, 6.45) is 0. The van der Waals surface area contributed by atoms with Crippen molar-refractivity contribution in [3.8, 4) is 0 Å². The van der Waals surface area contributed by atoms with Gasteiger partial charge in [-0.2, -0.15) is 9.90 Å². The van der Waals surface area contributed by atoms with E-state index in [1.165, 1.54) is 0 Å². The molecule has 0 radical (unpaired) electrons. The molecule has 1 heteroatoms. The smallest absolute Gasteiger partial charge is 0 e. The third kappa shape index (κ3) is 3.01. The molecule has 1 unspecified atom stereocenters. The summed E-state index contributed by atoms with van der Waals surface area (Å²) in [5, 5.41) is 0.